The van der Waals surface area contributed by atoms with Crippen LogP contribution in [0.3, 0.4) is 0 Å². The van der Waals surface area contributed by atoms with E-state index in [4.69, 9.17) is 9.40 Å². The van der Waals surface area contributed by atoms with Gasteiger partial charge in [-0.25, -0.2) is 4.98 Å². The van der Waals surface area contributed by atoms with Crippen molar-refractivity contribution in [1.29, 1.82) is 0 Å². The SMILES string of the molecule is c1ccc(-c2cc(-c3oc4c5c(cc6ccccc64)-c4ccccc4-c4ccccc4-c35)nc3ccccc23)cc1. The van der Waals surface area contributed by atoms with Crippen molar-refractivity contribution >= 4 is 32.6 Å². The first kappa shape index (κ1) is 22.4. The zero-order valence-corrected chi connectivity index (χ0v) is 22.1. The molecular formula is C39H23NO. The van der Waals surface area contributed by atoms with Crippen molar-refractivity contribution in [3.05, 3.63) is 140 Å². The van der Waals surface area contributed by atoms with Gasteiger partial charge >= 0.3 is 0 Å². The quantitative estimate of drug-likeness (QED) is 0.226. The van der Waals surface area contributed by atoms with Gasteiger partial charge in [0.25, 0.3) is 0 Å². The minimum Gasteiger partial charge on any atom is -0.453 e. The first-order chi connectivity index (χ1) is 20.3. The van der Waals surface area contributed by atoms with Crippen LogP contribution in [0.5, 0.6) is 0 Å². The summed E-state index contributed by atoms with van der Waals surface area (Å²) in [5, 5.41) is 4.55. The van der Waals surface area contributed by atoms with E-state index in [0.717, 1.165) is 55.4 Å². The second kappa shape index (κ2) is 8.51. The average molecular weight is 522 g/mol. The zero-order valence-electron chi connectivity index (χ0n) is 22.1. The van der Waals surface area contributed by atoms with Crippen LogP contribution < -0.4 is 0 Å². The molecule has 0 bridgehead atoms. The molecule has 2 heterocycles. The number of para-hydroxylation sites is 1. The van der Waals surface area contributed by atoms with Crippen LogP contribution in [0.25, 0.3) is 88.6 Å². The summed E-state index contributed by atoms with van der Waals surface area (Å²) in [6.45, 7) is 0. The van der Waals surface area contributed by atoms with Gasteiger partial charge in [0.1, 0.15) is 11.3 Å². The normalized spacial score (nSPS) is 11.9. The molecule has 0 aliphatic heterocycles. The highest BCUT2D eigenvalue weighted by molar-refractivity contribution is 6.22. The Morgan fingerprint density at radius 2 is 1.07 bits per heavy atom. The molecule has 9 rings (SSSR count). The fraction of sp³-hybridized carbons (Fsp3) is 0. The molecular weight excluding hydrogens is 498 g/mol. The second-order valence-corrected chi connectivity index (χ2v) is 10.7. The Balaban J connectivity index is 1.48. The number of pyridine rings is 1. The first-order valence-corrected chi connectivity index (χ1v) is 14.0. The molecule has 0 spiro atoms. The van der Waals surface area contributed by atoms with Gasteiger partial charge < -0.3 is 4.42 Å². The van der Waals surface area contributed by atoms with E-state index in [1.54, 1.807) is 0 Å². The fourth-order valence-corrected chi connectivity index (χ4v) is 6.62. The van der Waals surface area contributed by atoms with Gasteiger partial charge in [0, 0.05) is 21.7 Å². The molecule has 0 saturated heterocycles. The number of hydrogen-bond acceptors (Lipinski definition) is 2. The molecule has 0 fully saturated rings. The van der Waals surface area contributed by atoms with Crippen molar-refractivity contribution in [3.8, 4) is 56.0 Å². The van der Waals surface area contributed by atoms with Gasteiger partial charge in [-0.15, -0.1) is 0 Å². The minimum absolute atomic E-state index is 0.806. The third-order valence-corrected chi connectivity index (χ3v) is 8.42. The standard InChI is InChI=1S/C39H23NO/c1-2-12-24(13-3-1)32-23-35(40-34-21-11-10-19-30(32)34)39-36-31-20-9-8-17-28(31)27-16-6-7-18-29(27)33-22-25-14-4-5-15-26(25)38(41-39)37(33)36/h1-23H. The summed E-state index contributed by atoms with van der Waals surface area (Å²) >= 11 is 0. The van der Waals surface area contributed by atoms with Gasteiger partial charge in [0.15, 0.2) is 5.76 Å². The molecule has 1 aliphatic rings. The molecule has 0 N–H and O–H groups in total. The lowest BCUT2D eigenvalue weighted by atomic mass is 9.93. The molecule has 0 atom stereocenters. The Hall–Kier alpha value is -5.47. The van der Waals surface area contributed by atoms with Crippen LogP contribution in [-0.2, 0) is 0 Å². The number of benzene rings is 6. The van der Waals surface area contributed by atoms with Gasteiger partial charge in [-0.1, -0.05) is 121 Å². The maximum atomic E-state index is 7.01. The van der Waals surface area contributed by atoms with Crippen LogP contribution in [0.4, 0.5) is 0 Å². The highest BCUT2D eigenvalue weighted by Crippen LogP contribution is 2.53. The Bertz CT molecular complexity index is 2310. The highest BCUT2D eigenvalue weighted by Gasteiger charge is 2.29. The van der Waals surface area contributed by atoms with Gasteiger partial charge in [-0.05, 0) is 62.5 Å². The molecule has 190 valence electrons. The number of nitrogens with zero attached hydrogens (tertiary/aromatic N) is 1. The molecule has 0 saturated carbocycles. The van der Waals surface area contributed by atoms with E-state index in [-0.39, 0.29) is 0 Å². The summed E-state index contributed by atoms with van der Waals surface area (Å²) in [6, 6.07) is 49.4. The lowest BCUT2D eigenvalue weighted by Gasteiger charge is -2.12. The van der Waals surface area contributed by atoms with E-state index >= 15 is 0 Å². The predicted octanol–water partition coefficient (Wildman–Crippen LogP) is 10.8. The zero-order chi connectivity index (χ0) is 26.9. The third-order valence-electron chi connectivity index (χ3n) is 8.42. The van der Waals surface area contributed by atoms with Crippen LogP contribution >= 0.6 is 0 Å². The summed E-state index contributed by atoms with van der Waals surface area (Å²) in [5.74, 6) is 0.806. The van der Waals surface area contributed by atoms with E-state index in [1.807, 2.05) is 0 Å². The van der Waals surface area contributed by atoms with Crippen LogP contribution in [0.2, 0.25) is 0 Å². The maximum absolute atomic E-state index is 7.01. The summed E-state index contributed by atoms with van der Waals surface area (Å²) < 4.78 is 7.01. The third kappa shape index (κ3) is 3.22. The van der Waals surface area contributed by atoms with Gasteiger partial charge in [-0.2, -0.15) is 0 Å². The molecule has 0 unspecified atom stereocenters. The lowest BCUT2D eigenvalue weighted by molar-refractivity contribution is 0.633. The molecule has 2 aromatic heterocycles. The number of furan rings is 1. The Morgan fingerprint density at radius 3 is 1.88 bits per heavy atom. The van der Waals surface area contributed by atoms with E-state index in [9.17, 15) is 0 Å². The van der Waals surface area contributed by atoms with Gasteiger partial charge in [0.2, 0.25) is 0 Å². The summed E-state index contributed by atoms with van der Waals surface area (Å²) in [6.07, 6.45) is 0. The summed E-state index contributed by atoms with van der Waals surface area (Å²) in [4.78, 5) is 5.23. The minimum atomic E-state index is 0.806. The number of aromatic nitrogens is 1. The smallest absolute Gasteiger partial charge is 0.161 e. The predicted molar refractivity (Wildman–Crippen MR) is 170 cm³/mol. The topological polar surface area (TPSA) is 26.0 Å². The molecule has 2 nitrogen and oxygen atoms in total. The molecule has 8 aromatic rings. The van der Waals surface area contributed by atoms with Crippen molar-refractivity contribution in [3.63, 3.8) is 0 Å². The molecule has 6 aromatic carbocycles. The highest BCUT2D eigenvalue weighted by atomic mass is 16.3. The van der Waals surface area contributed by atoms with Crippen molar-refractivity contribution in [1.82, 2.24) is 4.98 Å². The van der Waals surface area contributed by atoms with Crippen LogP contribution in [0.15, 0.2) is 144 Å². The largest absolute Gasteiger partial charge is 0.453 e. The Morgan fingerprint density at radius 1 is 0.463 bits per heavy atom. The second-order valence-electron chi connectivity index (χ2n) is 10.7. The van der Waals surface area contributed by atoms with Gasteiger partial charge in [-0.3, -0.25) is 0 Å². The van der Waals surface area contributed by atoms with Crippen LogP contribution in [-0.4, -0.2) is 4.98 Å². The summed E-state index contributed by atoms with van der Waals surface area (Å²) in [7, 11) is 0. The molecule has 0 amide bonds. The van der Waals surface area contributed by atoms with E-state index in [2.05, 4.69) is 140 Å². The number of rotatable bonds is 2. The summed E-state index contributed by atoms with van der Waals surface area (Å²) in [5.41, 5.74) is 12.1. The van der Waals surface area contributed by atoms with Crippen LogP contribution in [0, 0.1) is 0 Å². The van der Waals surface area contributed by atoms with Crippen LogP contribution in [0.1, 0.15) is 0 Å². The Kier molecular flexibility index (Phi) is 4.64. The fourth-order valence-electron chi connectivity index (χ4n) is 6.62. The molecule has 41 heavy (non-hydrogen) atoms. The molecule has 0 radical (unpaired) electrons. The number of fused-ring (bicyclic) bond motifs is 8. The van der Waals surface area contributed by atoms with Crippen molar-refractivity contribution in [2.24, 2.45) is 0 Å². The monoisotopic (exact) mass is 521 g/mol. The van der Waals surface area contributed by atoms with Gasteiger partial charge in [0.05, 0.1) is 5.52 Å². The average Bonchev–Trinajstić information content (AvgIpc) is 3.40. The van der Waals surface area contributed by atoms with E-state index < -0.39 is 0 Å². The molecule has 1 aliphatic carbocycles. The first-order valence-electron chi connectivity index (χ1n) is 14.0. The van der Waals surface area contributed by atoms with E-state index in [0.29, 0.717) is 0 Å². The van der Waals surface area contributed by atoms with Crippen molar-refractivity contribution < 1.29 is 4.42 Å². The van der Waals surface area contributed by atoms with Crippen molar-refractivity contribution in [2.45, 2.75) is 0 Å². The maximum Gasteiger partial charge on any atom is 0.161 e. The lowest BCUT2D eigenvalue weighted by Crippen LogP contribution is -1.91. The molecule has 2 heteroatoms. The van der Waals surface area contributed by atoms with E-state index in [1.165, 1.54) is 33.2 Å². The van der Waals surface area contributed by atoms with Crippen molar-refractivity contribution in [2.75, 3.05) is 0 Å². The number of hydrogen-bond donors (Lipinski definition) is 0. The Labute approximate surface area is 237 Å².